The summed E-state index contributed by atoms with van der Waals surface area (Å²) >= 11 is 6.10. The molecule has 1 aliphatic heterocycles. The summed E-state index contributed by atoms with van der Waals surface area (Å²) in [5.74, 6) is 0.847. The van der Waals surface area contributed by atoms with E-state index < -0.39 is 0 Å². The van der Waals surface area contributed by atoms with Crippen LogP contribution in [0, 0.1) is 5.92 Å². The molecule has 0 unspecified atom stereocenters. The smallest absolute Gasteiger partial charge is 0.172 e. The zero-order chi connectivity index (χ0) is 15.4. The van der Waals surface area contributed by atoms with Gasteiger partial charge in [0.2, 0.25) is 0 Å². The Labute approximate surface area is 131 Å². The molecular formula is C15H23ClN4O. The molecule has 3 N–H and O–H groups in total. The molecule has 116 valence electrons. The molecule has 21 heavy (non-hydrogen) atoms. The van der Waals surface area contributed by atoms with Crippen LogP contribution in [0.15, 0.2) is 23.4 Å². The molecule has 1 aliphatic rings. The first-order valence-electron chi connectivity index (χ1n) is 7.18. The van der Waals surface area contributed by atoms with E-state index in [1.807, 2.05) is 6.07 Å². The summed E-state index contributed by atoms with van der Waals surface area (Å²) in [6.45, 7) is 3.05. The quantitative estimate of drug-likeness (QED) is 0.387. The lowest BCUT2D eigenvalue weighted by Gasteiger charge is -2.35. The van der Waals surface area contributed by atoms with Crippen molar-refractivity contribution in [2.45, 2.75) is 12.8 Å². The molecule has 0 amide bonds. The second-order valence-corrected chi connectivity index (χ2v) is 6.28. The molecule has 1 aromatic carbocycles. The third kappa shape index (κ3) is 4.02. The van der Waals surface area contributed by atoms with Gasteiger partial charge >= 0.3 is 0 Å². The molecule has 0 aromatic heterocycles. The molecule has 0 saturated carbocycles. The number of hydrogen-bond acceptors (Lipinski definition) is 4. The van der Waals surface area contributed by atoms with E-state index in [1.165, 1.54) is 0 Å². The van der Waals surface area contributed by atoms with Crippen molar-refractivity contribution in [3.05, 3.63) is 28.8 Å². The highest BCUT2D eigenvalue weighted by Crippen LogP contribution is 2.29. The summed E-state index contributed by atoms with van der Waals surface area (Å²) in [7, 11) is 4.22. The first-order valence-corrected chi connectivity index (χ1v) is 7.56. The van der Waals surface area contributed by atoms with Gasteiger partial charge in [-0.1, -0.05) is 16.8 Å². The molecule has 0 spiro atoms. The summed E-state index contributed by atoms with van der Waals surface area (Å²) in [6, 6.07) is 5.46. The Morgan fingerprint density at radius 1 is 1.43 bits per heavy atom. The molecular weight excluding hydrogens is 288 g/mol. The van der Waals surface area contributed by atoms with E-state index in [4.69, 9.17) is 22.5 Å². The summed E-state index contributed by atoms with van der Waals surface area (Å²) in [5, 5.41) is 12.7. The summed E-state index contributed by atoms with van der Waals surface area (Å²) < 4.78 is 0. The van der Waals surface area contributed by atoms with Gasteiger partial charge in [-0.2, -0.15) is 0 Å². The van der Waals surface area contributed by atoms with Crippen molar-refractivity contribution in [3.8, 4) is 0 Å². The highest BCUT2D eigenvalue weighted by atomic mass is 35.5. The van der Waals surface area contributed by atoms with Crippen LogP contribution < -0.4 is 10.6 Å². The standard InChI is InChI=1S/C15H23ClN4O/c1-19(2)10-11-5-7-20(8-6-11)14-9-12(16)3-4-13(14)15(17)18-21/h3-4,9,11,21H,5-8,10H2,1-2H3,(H2,17,18). The second-order valence-electron chi connectivity index (χ2n) is 5.84. The zero-order valence-electron chi connectivity index (χ0n) is 12.6. The Hall–Kier alpha value is -1.46. The molecule has 0 radical (unpaired) electrons. The van der Waals surface area contributed by atoms with Crippen molar-refractivity contribution in [1.29, 1.82) is 0 Å². The van der Waals surface area contributed by atoms with E-state index in [9.17, 15) is 0 Å². The molecule has 1 fully saturated rings. The first kappa shape index (κ1) is 15.9. The van der Waals surface area contributed by atoms with E-state index in [1.54, 1.807) is 12.1 Å². The maximum Gasteiger partial charge on any atom is 0.172 e. The van der Waals surface area contributed by atoms with Crippen LogP contribution in [0.2, 0.25) is 5.02 Å². The number of oxime groups is 1. The maximum atomic E-state index is 8.93. The Bertz CT molecular complexity index is 510. The van der Waals surface area contributed by atoms with Crippen molar-refractivity contribution in [2.24, 2.45) is 16.8 Å². The number of rotatable bonds is 4. The molecule has 0 bridgehead atoms. The van der Waals surface area contributed by atoms with Crippen LogP contribution in [-0.4, -0.2) is 49.7 Å². The van der Waals surface area contributed by atoms with E-state index >= 15 is 0 Å². The SMILES string of the molecule is CN(C)CC1CCN(c2cc(Cl)ccc2C(N)=NO)CC1. The van der Waals surface area contributed by atoms with Gasteiger partial charge in [0.05, 0.1) is 0 Å². The third-order valence-corrected chi connectivity index (χ3v) is 4.16. The number of nitrogens with zero attached hydrogens (tertiary/aromatic N) is 3. The van der Waals surface area contributed by atoms with E-state index in [2.05, 4.69) is 29.1 Å². The summed E-state index contributed by atoms with van der Waals surface area (Å²) in [6.07, 6.45) is 2.28. The minimum atomic E-state index is 0.122. The fourth-order valence-corrected chi connectivity index (χ4v) is 3.08. The van der Waals surface area contributed by atoms with Gasteiger partial charge in [0.15, 0.2) is 5.84 Å². The van der Waals surface area contributed by atoms with Gasteiger partial charge in [0.25, 0.3) is 0 Å². The van der Waals surface area contributed by atoms with Crippen LogP contribution >= 0.6 is 11.6 Å². The number of piperidine rings is 1. The van der Waals surface area contributed by atoms with Crippen LogP contribution in [0.4, 0.5) is 5.69 Å². The monoisotopic (exact) mass is 310 g/mol. The Morgan fingerprint density at radius 3 is 2.67 bits per heavy atom. The maximum absolute atomic E-state index is 8.93. The van der Waals surface area contributed by atoms with Gasteiger partial charge in [0, 0.05) is 35.9 Å². The van der Waals surface area contributed by atoms with Crippen molar-refractivity contribution < 1.29 is 5.21 Å². The average molecular weight is 311 g/mol. The van der Waals surface area contributed by atoms with Gasteiger partial charge in [-0.3, -0.25) is 0 Å². The van der Waals surface area contributed by atoms with Crippen molar-refractivity contribution >= 4 is 23.1 Å². The van der Waals surface area contributed by atoms with Gasteiger partial charge in [-0.25, -0.2) is 0 Å². The van der Waals surface area contributed by atoms with E-state index in [0.717, 1.165) is 49.6 Å². The van der Waals surface area contributed by atoms with Crippen LogP contribution in [0.25, 0.3) is 0 Å². The first-order chi connectivity index (χ1) is 10.0. The van der Waals surface area contributed by atoms with Crippen LogP contribution in [0.5, 0.6) is 0 Å². The second kappa shape index (κ2) is 7.00. The number of benzene rings is 1. The number of anilines is 1. The largest absolute Gasteiger partial charge is 0.409 e. The molecule has 1 aromatic rings. The number of halogens is 1. The molecule has 5 nitrogen and oxygen atoms in total. The Kier molecular flexibility index (Phi) is 5.31. The van der Waals surface area contributed by atoms with Gasteiger partial charge in [-0.05, 0) is 51.1 Å². The number of hydrogen-bond donors (Lipinski definition) is 2. The minimum Gasteiger partial charge on any atom is -0.409 e. The van der Waals surface area contributed by atoms with Crippen molar-refractivity contribution in [3.63, 3.8) is 0 Å². The van der Waals surface area contributed by atoms with Crippen LogP contribution in [0.1, 0.15) is 18.4 Å². The van der Waals surface area contributed by atoms with Gasteiger partial charge in [-0.15, -0.1) is 0 Å². The molecule has 0 aliphatic carbocycles. The molecule has 2 rings (SSSR count). The Morgan fingerprint density at radius 2 is 2.10 bits per heavy atom. The number of nitrogens with two attached hydrogens (primary N) is 1. The van der Waals surface area contributed by atoms with E-state index in [0.29, 0.717) is 5.02 Å². The zero-order valence-corrected chi connectivity index (χ0v) is 13.3. The number of amidine groups is 1. The third-order valence-electron chi connectivity index (χ3n) is 3.92. The molecule has 6 heteroatoms. The van der Waals surface area contributed by atoms with E-state index in [-0.39, 0.29) is 5.84 Å². The molecule has 0 atom stereocenters. The summed E-state index contributed by atoms with van der Waals surface area (Å²) in [4.78, 5) is 4.51. The predicted molar refractivity (Wildman–Crippen MR) is 87.5 cm³/mol. The minimum absolute atomic E-state index is 0.122. The lowest BCUT2D eigenvalue weighted by atomic mass is 9.95. The predicted octanol–water partition coefficient (Wildman–Crippen LogP) is 2.21. The summed E-state index contributed by atoms with van der Waals surface area (Å²) in [5.41, 5.74) is 7.44. The van der Waals surface area contributed by atoms with Crippen molar-refractivity contribution in [1.82, 2.24) is 4.90 Å². The van der Waals surface area contributed by atoms with Crippen LogP contribution in [0.3, 0.4) is 0 Å². The highest BCUT2D eigenvalue weighted by Gasteiger charge is 2.22. The topological polar surface area (TPSA) is 65.1 Å². The van der Waals surface area contributed by atoms with Crippen molar-refractivity contribution in [2.75, 3.05) is 38.6 Å². The van der Waals surface area contributed by atoms with Gasteiger partial charge in [0.1, 0.15) is 0 Å². The lowest BCUT2D eigenvalue weighted by molar-refractivity contribution is 0.285. The van der Waals surface area contributed by atoms with Crippen LogP contribution in [-0.2, 0) is 0 Å². The fourth-order valence-electron chi connectivity index (χ4n) is 2.91. The Balaban J connectivity index is 2.14. The normalized spacial score (nSPS) is 17.5. The van der Waals surface area contributed by atoms with Gasteiger partial charge < -0.3 is 20.7 Å². The molecule has 1 saturated heterocycles. The lowest BCUT2D eigenvalue weighted by Crippen LogP contribution is -2.38. The average Bonchev–Trinajstić information content (AvgIpc) is 2.46. The fraction of sp³-hybridized carbons (Fsp3) is 0.533. The highest BCUT2D eigenvalue weighted by molar-refractivity contribution is 6.31. The molecule has 1 heterocycles.